The molecule has 1 atom stereocenters. The smallest absolute Gasteiger partial charge is 0.126 e. The monoisotopic (exact) mass is 138 g/mol. The molecule has 0 amide bonds. The Morgan fingerprint density at radius 3 is 2.12 bits per heavy atom. The van der Waals surface area contributed by atoms with Gasteiger partial charge in [-0.3, -0.25) is 4.18 Å². The third kappa shape index (κ3) is 6.03. The summed E-state index contributed by atoms with van der Waals surface area (Å²) in [6, 6.07) is 0. The SMILES string of the molecule is CC(C)(N)OS(=O)[O-]. The first-order valence-electron chi connectivity index (χ1n) is 1.99. The number of rotatable bonds is 2. The van der Waals surface area contributed by atoms with E-state index in [1.54, 1.807) is 0 Å². The zero-order valence-corrected chi connectivity index (χ0v) is 5.53. The van der Waals surface area contributed by atoms with E-state index in [-0.39, 0.29) is 0 Å². The van der Waals surface area contributed by atoms with Crippen molar-refractivity contribution >= 4 is 11.4 Å². The normalized spacial score (nSPS) is 16.0. The van der Waals surface area contributed by atoms with Gasteiger partial charge in [0.1, 0.15) is 5.72 Å². The standard InChI is InChI=1S/C3H9NO3S/c1-3(2,4)7-8(5)6/h4H2,1-2H3,(H,5,6)/p-1. The molecule has 0 spiro atoms. The molecule has 50 valence electrons. The van der Waals surface area contributed by atoms with Crippen LogP contribution in [0.2, 0.25) is 0 Å². The van der Waals surface area contributed by atoms with E-state index in [9.17, 15) is 8.76 Å². The van der Waals surface area contributed by atoms with Crippen molar-refractivity contribution in [1.82, 2.24) is 0 Å². The Morgan fingerprint density at radius 1 is 1.75 bits per heavy atom. The second kappa shape index (κ2) is 2.54. The largest absolute Gasteiger partial charge is 0.750 e. The summed E-state index contributed by atoms with van der Waals surface area (Å²) >= 11 is -2.51. The lowest BCUT2D eigenvalue weighted by atomic mass is 10.4. The predicted octanol–water partition coefficient (Wildman–Crippen LogP) is -0.508. The second-order valence-electron chi connectivity index (χ2n) is 1.89. The Bertz CT molecular complexity index is 97.2. The van der Waals surface area contributed by atoms with Crippen molar-refractivity contribution < 1.29 is 12.9 Å². The van der Waals surface area contributed by atoms with Crippen LogP contribution in [0.1, 0.15) is 13.8 Å². The van der Waals surface area contributed by atoms with Gasteiger partial charge in [-0.1, -0.05) is 0 Å². The average Bonchev–Trinajstić information content (AvgIpc) is 1.21. The average molecular weight is 138 g/mol. The molecule has 0 aliphatic rings. The summed E-state index contributed by atoms with van der Waals surface area (Å²) in [5, 5.41) is 0. The van der Waals surface area contributed by atoms with E-state index in [2.05, 4.69) is 4.18 Å². The quantitative estimate of drug-likeness (QED) is 0.412. The molecule has 4 nitrogen and oxygen atoms in total. The highest BCUT2D eigenvalue weighted by Crippen LogP contribution is 1.99. The Morgan fingerprint density at radius 2 is 2.12 bits per heavy atom. The topological polar surface area (TPSA) is 75.4 Å². The van der Waals surface area contributed by atoms with Gasteiger partial charge in [0.2, 0.25) is 0 Å². The maximum atomic E-state index is 9.71. The summed E-state index contributed by atoms with van der Waals surface area (Å²) in [7, 11) is 0. The summed E-state index contributed by atoms with van der Waals surface area (Å²) in [6.45, 7) is 2.89. The van der Waals surface area contributed by atoms with Crippen LogP contribution in [0.25, 0.3) is 0 Å². The van der Waals surface area contributed by atoms with Gasteiger partial charge in [0, 0.05) is 0 Å². The van der Waals surface area contributed by atoms with E-state index < -0.39 is 17.1 Å². The van der Waals surface area contributed by atoms with Crippen molar-refractivity contribution in [1.29, 1.82) is 0 Å². The molecule has 0 fully saturated rings. The van der Waals surface area contributed by atoms with Gasteiger partial charge in [0.15, 0.2) is 0 Å². The molecular weight excluding hydrogens is 130 g/mol. The third-order valence-electron chi connectivity index (χ3n) is 0.283. The summed E-state index contributed by atoms with van der Waals surface area (Å²) in [5.74, 6) is 0. The maximum Gasteiger partial charge on any atom is 0.126 e. The van der Waals surface area contributed by atoms with Crippen LogP contribution in [0, 0.1) is 0 Å². The molecule has 0 aliphatic heterocycles. The summed E-state index contributed by atoms with van der Waals surface area (Å²) in [6.07, 6.45) is 0. The van der Waals surface area contributed by atoms with Crippen molar-refractivity contribution in [3.8, 4) is 0 Å². The highest BCUT2D eigenvalue weighted by atomic mass is 32.2. The molecule has 0 aromatic carbocycles. The Hall–Kier alpha value is 0.0300. The molecule has 2 N–H and O–H groups in total. The first kappa shape index (κ1) is 8.03. The Labute approximate surface area is 50.5 Å². The molecule has 0 heterocycles. The van der Waals surface area contributed by atoms with Gasteiger partial charge in [-0.15, -0.1) is 0 Å². The van der Waals surface area contributed by atoms with Gasteiger partial charge in [0.05, 0.1) is 11.4 Å². The maximum absolute atomic E-state index is 9.71. The van der Waals surface area contributed by atoms with E-state index in [1.807, 2.05) is 0 Å². The van der Waals surface area contributed by atoms with Crippen molar-refractivity contribution in [3.63, 3.8) is 0 Å². The molecule has 0 bridgehead atoms. The Balaban J connectivity index is 3.55. The van der Waals surface area contributed by atoms with Crippen LogP contribution < -0.4 is 5.73 Å². The zero-order valence-electron chi connectivity index (χ0n) is 4.71. The molecule has 0 aromatic heterocycles. The van der Waals surface area contributed by atoms with E-state index in [0.29, 0.717) is 0 Å². The van der Waals surface area contributed by atoms with Gasteiger partial charge in [-0.2, -0.15) is 0 Å². The van der Waals surface area contributed by atoms with Gasteiger partial charge in [-0.25, -0.2) is 4.21 Å². The lowest BCUT2D eigenvalue weighted by Gasteiger charge is -2.19. The molecule has 0 saturated carbocycles. The fourth-order valence-corrected chi connectivity index (χ4v) is 0.526. The zero-order chi connectivity index (χ0) is 6.78. The van der Waals surface area contributed by atoms with Gasteiger partial charge in [-0.05, 0) is 13.8 Å². The first-order valence-corrected chi connectivity index (χ1v) is 2.99. The molecule has 0 aromatic rings. The molecule has 0 radical (unpaired) electrons. The van der Waals surface area contributed by atoms with Crippen LogP contribution in [0.3, 0.4) is 0 Å². The van der Waals surface area contributed by atoms with Crippen molar-refractivity contribution in [2.24, 2.45) is 5.73 Å². The molecular formula is C3H8NO3S-. The van der Waals surface area contributed by atoms with Crippen molar-refractivity contribution in [2.75, 3.05) is 0 Å². The summed E-state index contributed by atoms with van der Waals surface area (Å²) < 4.78 is 23.6. The molecule has 5 heteroatoms. The van der Waals surface area contributed by atoms with Crippen LogP contribution >= 0.6 is 0 Å². The Kier molecular flexibility index (Phi) is 2.55. The lowest BCUT2D eigenvalue weighted by Crippen LogP contribution is -2.35. The van der Waals surface area contributed by atoms with Gasteiger partial charge >= 0.3 is 0 Å². The van der Waals surface area contributed by atoms with E-state index >= 15 is 0 Å². The predicted molar refractivity (Wildman–Crippen MR) is 28.3 cm³/mol. The fraction of sp³-hybridized carbons (Fsp3) is 1.00. The molecule has 8 heavy (non-hydrogen) atoms. The molecule has 0 rings (SSSR count). The minimum absolute atomic E-state index is 1.09. The van der Waals surface area contributed by atoms with Gasteiger partial charge in [0.25, 0.3) is 0 Å². The van der Waals surface area contributed by atoms with Crippen LogP contribution in [-0.4, -0.2) is 14.5 Å². The second-order valence-corrected chi connectivity index (χ2v) is 2.47. The third-order valence-corrected chi connectivity index (χ3v) is 0.848. The summed E-state index contributed by atoms with van der Waals surface area (Å²) in [5.41, 5.74) is 4.03. The van der Waals surface area contributed by atoms with Crippen LogP contribution in [-0.2, 0) is 15.5 Å². The van der Waals surface area contributed by atoms with E-state index in [1.165, 1.54) is 13.8 Å². The number of nitrogens with two attached hydrogens (primary N) is 1. The van der Waals surface area contributed by atoms with E-state index in [0.717, 1.165) is 0 Å². The highest BCUT2D eigenvalue weighted by molar-refractivity contribution is 7.74. The minimum atomic E-state index is -2.51. The van der Waals surface area contributed by atoms with Crippen LogP contribution in [0.15, 0.2) is 0 Å². The molecule has 1 unspecified atom stereocenters. The lowest BCUT2D eigenvalue weighted by molar-refractivity contribution is 0.121. The molecule has 0 saturated heterocycles. The first-order chi connectivity index (χ1) is 3.42. The molecule has 0 aliphatic carbocycles. The van der Waals surface area contributed by atoms with Crippen LogP contribution in [0.4, 0.5) is 0 Å². The van der Waals surface area contributed by atoms with E-state index in [4.69, 9.17) is 5.73 Å². The van der Waals surface area contributed by atoms with Crippen LogP contribution in [0.5, 0.6) is 0 Å². The number of hydrogen-bond donors (Lipinski definition) is 1. The van der Waals surface area contributed by atoms with Crippen molar-refractivity contribution in [2.45, 2.75) is 19.6 Å². The highest BCUT2D eigenvalue weighted by Gasteiger charge is 2.09. The fourth-order valence-electron chi connectivity index (χ4n) is 0.175. The summed E-state index contributed by atoms with van der Waals surface area (Å²) in [4.78, 5) is 0. The van der Waals surface area contributed by atoms with Crippen molar-refractivity contribution in [3.05, 3.63) is 0 Å². The van der Waals surface area contributed by atoms with Gasteiger partial charge < -0.3 is 10.3 Å². The minimum Gasteiger partial charge on any atom is -0.750 e. The number of hydrogen-bond acceptors (Lipinski definition) is 4.